The molecule has 144 valence electrons. The van der Waals surface area contributed by atoms with Gasteiger partial charge in [0.1, 0.15) is 0 Å². The van der Waals surface area contributed by atoms with Crippen molar-refractivity contribution in [1.29, 1.82) is 0 Å². The number of carbonyl (C=O) groups excluding carboxylic acids is 2. The molecule has 1 amide bonds. The van der Waals surface area contributed by atoms with Crippen molar-refractivity contribution in [3.8, 4) is 0 Å². The summed E-state index contributed by atoms with van der Waals surface area (Å²) in [4.78, 5) is 26.0. The summed E-state index contributed by atoms with van der Waals surface area (Å²) in [7, 11) is -0.845. The van der Waals surface area contributed by atoms with Gasteiger partial charge in [-0.15, -0.1) is 0 Å². The molecule has 1 aromatic carbocycles. The number of carbonyl (C=O) groups is 2. The van der Waals surface area contributed by atoms with Gasteiger partial charge in [0.2, 0.25) is 10.0 Å². The Morgan fingerprint density at radius 1 is 1.23 bits per heavy atom. The highest BCUT2D eigenvalue weighted by Crippen LogP contribution is 2.16. The lowest BCUT2D eigenvalue weighted by Gasteiger charge is -2.35. The smallest absolute Gasteiger partial charge is 0.338 e. The van der Waals surface area contributed by atoms with E-state index in [1.165, 1.54) is 38.4 Å². The van der Waals surface area contributed by atoms with Crippen LogP contribution >= 0.6 is 0 Å². The van der Waals surface area contributed by atoms with Crippen molar-refractivity contribution in [3.05, 3.63) is 29.8 Å². The molecule has 0 aliphatic carbocycles. The van der Waals surface area contributed by atoms with Crippen molar-refractivity contribution in [1.82, 2.24) is 9.21 Å². The van der Waals surface area contributed by atoms with E-state index < -0.39 is 22.6 Å². The van der Waals surface area contributed by atoms with Gasteiger partial charge in [0, 0.05) is 27.2 Å². The second-order valence-corrected chi connectivity index (χ2v) is 8.60. The normalized spacial score (nSPS) is 20.9. The first-order valence-corrected chi connectivity index (χ1v) is 9.68. The zero-order valence-corrected chi connectivity index (χ0v) is 16.2. The molecule has 0 aromatic heterocycles. The third-order valence-corrected chi connectivity index (χ3v) is 5.76. The zero-order chi connectivity index (χ0) is 19.5. The zero-order valence-electron chi connectivity index (χ0n) is 15.3. The van der Waals surface area contributed by atoms with Gasteiger partial charge >= 0.3 is 5.97 Å². The van der Waals surface area contributed by atoms with Crippen molar-refractivity contribution in [2.75, 3.05) is 33.8 Å². The van der Waals surface area contributed by atoms with Crippen molar-refractivity contribution < 1.29 is 27.5 Å². The SMILES string of the molecule is CC1CN(C(=O)COC(=O)c2cccc(S(=O)(=O)N(C)C)c2)CC(C)O1. The number of morpholine rings is 1. The first kappa shape index (κ1) is 20.3. The van der Waals surface area contributed by atoms with Crippen LogP contribution in [0.4, 0.5) is 0 Å². The van der Waals surface area contributed by atoms with Crippen LogP contribution in [0.25, 0.3) is 0 Å². The third-order valence-electron chi connectivity index (χ3n) is 3.95. The number of ether oxygens (including phenoxy) is 2. The standard InChI is InChI=1S/C17H24N2O6S/c1-12-9-19(10-13(2)25-12)16(20)11-24-17(21)14-6-5-7-15(8-14)26(22,23)18(3)4/h5-8,12-13H,9-11H2,1-4H3. The van der Waals surface area contributed by atoms with Gasteiger partial charge in [0.25, 0.3) is 5.91 Å². The molecular formula is C17H24N2O6S. The van der Waals surface area contributed by atoms with Gasteiger partial charge in [-0.3, -0.25) is 4.79 Å². The first-order chi connectivity index (χ1) is 12.1. The van der Waals surface area contributed by atoms with Gasteiger partial charge in [0.05, 0.1) is 22.7 Å². The minimum atomic E-state index is -3.66. The number of benzene rings is 1. The van der Waals surface area contributed by atoms with Crippen LogP contribution in [0.3, 0.4) is 0 Å². The Hall–Kier alpha value is -1.97. The summed E-state index contributed by atoms with van der Waals surface area (Å²) < 4.78 is 36.0. The van der Waals surface area contributed by atoms with Crippen LogP contribution in [0.15, 0.2) is 29.2 Å². The second-order valence-electron chi connectivity index (χ2n) is 6.45. The predicted octanol–water partition coefficient (Wildman–Crippen LogP) is 0.730. The highest BCUT2D eigenvalue weighted by atomic mass is 32.2. The molecule has 1 aromatic rings. The summed E-state index contributed by atoms with van der Waals surface area (Å²) in [5, 5.41) is 0. The highest BCUT2D eigenvalue weighted by Gasteiger charge is 2.26. The van der Waals surface area contributed by atoms with E-state index in [-0.39, 0.29) is 28.6 Å². The Bertz CT molecular complexity index is 767. The van der Waals surface area contributed by atoms with E-state index >= 15 is 0 Å². The fourth-order valence-corrected chi connectivity index (χ4v) is 3.63. The molecule has 0 spiro atoms. The van der Waals surface area contributed by atoms with Crippen LogP contribution in [-0.2, 0) is 24.3 Å². The molecule has 1 heterocycles. The van der Waals surface area contributed by atoms with Gasteiger partial charge < -0.3 is 14.4 Å². The molecule has 1 aliphatic rings. The molecule has 1 fully saturated rings. The summed E-state index contributed by atoms with van der Waals surface area (Å²) in [5.41, 5.74) is 0.0736. The molecule has 0 radical (unpaired) electrons. The number of sulfonamides is 1. The Morgan fingerprint density at radius 2 is 1.85 bits per heavy atom. The Balaban J connectivity index is 2.01. The van der Waals surface area contributed by atoms with Gasteiger partial charge in [0.15, 0.2) is 6.61 Å². The van der Waals surface area contributed by atoms with Crippen LogP contribution in [-0.4, -0.2) is 75.5 Å². The minimum Gasteiger partial charge on any atom is -0.452 e. The van der Waals surface area contributed by atoms with E-state index in [0.717, 1.165) is 4.31 Å². The maximum Gasteiger partial charge on any atom is 0.338 e. The average Bonchev–Trinajstić information content (AvgIpc) is 2.58. The van der Waals surface area contributed by atoms with Gasteiger partial charge in [-0.25, -0.2) is 17.5 Å². The van der Waals surface area contributed by atoms with Crippen LogP contribution in [0, 0.1) is 0 Å². The molecule has 2 atom stereocenters. The fraction of sp³-hybridized carbons (Fsp3) is 0.529. The summed E-state index contributed by atoms with van der Waals surface area (Å²) in [6, 6.07) is 5.54. The molecule has 8 nitrogen and oxygen atoms in total. The lowest BCUT2D eigenvalue weighted by atomic mass is 10.2. The predicted molar refractivity (Wildman–Crippen MR) is 94.2 cm³/mol. The Labute approximate surface area is 153 Å². The van der Waals surface area contributed by atoms with Crippen molar-refractivity contribution in [2.45, 2.75) is 31.0 Å². The van der Waals surface area contributed by atoms with Gasteiger partial charge in [-0.2, -0.15) is 0 Å². The van der Waals surface area contributed by atoms with Crippen LogP contribution < -0.4 is 0 Å². The molecule has 0 N–H and O–H groups in total. The van der Waals surface area contributed by atoms with Crippen molar-refractivity contribution >= 4 is 21.9 Å². The molecule has 0 bridgehead atoms. The van der Waals surface area contributed by atoms with E-state index in [1.807, 2.05) is 13.8 Å². The molecule has 1 saturated heterocycles. The molecule has 1 aliphatic heterocycles. The van der Waals surface area contributed by atoms with Crippen LogP contribution in [0.5, 0.6) is 0 Å². The Kier molecular flexibility index (Phi) is 6.38. The van der Waals surface area contributed by atoms with Gasteiger partial charge in [-0.1, -0.05) is 6.07 Å². The maximum absolute atomic E-state index is 12.2. The van der Waals surface area contributed by atoms with E-state index in [0.29, 0.717) is 13.1 Å². The van der Waals surface area contributed by atoms with E-state index in [1.54, 1.807) is 4.90 Å². The average molecular weight is 384 g/mol. The highest BCUT2D eigenvalue weighted by molar-refractivity contribution is 7.89. The van der Waals surface area contributed by atoms with Crippen molar-refractivity contribution in [3.63, 3.8) is 0 Å². The second kappa shape index (κ2) is 8.15. The van der Waals surface area contributed by atoms with E-state index in [9.17, 15) is 18.0 Å². The van der Waals surface area contributed by atoms with E-state index in [4.69, 9.17) is 9.47 Å². The third kappa shape index (κ3) is 4.80. The molecular weight excluding hydrogens is 360 g/mol. The number of nitrogens with zero attached hydrogens (tertiary/aromatic N) is 2. The molecule has 9 heteroatoms. The van der Waals surface area contributed by atoms with Gasteiger partial charge in [-0.05, 0) is 32.0 Å². The lowest BCUT2D eigenvalue weighted by Crippen LogP contribution is -2.49. The van der Waals surface area contributed by atoms with Crippen LogP contribution in [0.1, 0.15) is 24.2 Å². The van der Waals surface area contributed by atoms with Crippen LogP contribution in [0.2, 0.25) is 0 Å². The van der Waals surface area contributed by atoms with Crippen molar-refractivity contribution in [2.24, 2.45) is 0 Å². The number of esters is 1. The lowest BCUT2D eigenvalue weighted by molar-refractivity contribution is -0.146. The topological polar surface area (TPSA) is 93.2 Å². The largest absolute Gasteiger partial charge is 0.452 e. The summed E-state index contributed by atoms with van der Waals surface area (Å²) in [6.45, 7) is 4.23. The summed E-state index contributed by atoms with van der Waals surface area (Å²) >= 11 is 0. The summed E-state index contributed by atoms with van der Waals surface area (Å²) in [6.07, 6.45) is -0.155. The molecule has 26 heavy (non-hydrogen) atoms. The number of rotatable bonds is 5. The number of hydrogen-bond acceptors (Lipinski definition) is 6. The monoisotopic (exact) mass is 384 g/mol. The molecule has 2 rings (SSSR count). The summed E-state index contributed by atoms with van der Waals surface area (Å²) in [5.74, 6) is -1.05. The van der Waals surface area contributed by atoms with E-state index in [2.05, 4.69) is 0 Å². The minimum absolute atomic E-state index is 0.0147. The maximum atomic E-state index is 12.2. The Morgan fingerprint density at radius 3 is 2.42 bits per heavy atom. The number of amides is 1. The molecule has 0 saturated carbocycles. The quantitative estimate of drug-likeness (QED) is 0.695. The number of hydrogen-bond donors (Lipinski definition) is 0. The molecule has 2 unspecified atom stereocenters. The first-order valence-electron chi connectivity index (χ1n) is 8.24. The fourth-order valence-electron chi connectivity index (χ4n) is 2.68.